The molecule has 0 unspecified atom stereocenters. The Balaban J connectivity index is 2.14. The van der Waals surface area contributed by atoms with Gasteiger partial charge in [0.15, 0.2) is 4.96 Å². The molecule has 2 aromatic heterocycles. The third kappa shape index (κ3) is 2.00. The van der Waals surface area contributed by atoms with Crippen LogP contribution in [0.4, 0.5) is 0 Å². The quantitative estimate of drug-likeness (QED) is 0.800. The van der Waals surface area contributed by atoms with Crippen molar-refractivity contribution in [2.24, 2.45) is 0 Å². The molecule has 0 saturated heterocycles. The van der Waals surface area contributed by atoms with E-state index in [1.807, 2.05) is 48.7 Å². The van der Waals surface area contributed by atoms with Crippen LogP contribution in [-0.2, 0) is 6.42 Å². The van der Waals surface area contributed by atoms with E-state index in [9.17, 15) is 9.90 Å². The van der Waals surface area contributed by atoms with E-state index in [1.165, 1.54) is 16.9 Å². The molecule has 0 aliphatic heterocycles. The number of hydrogen-bond acceptors (Lipinski definition) is 3. The number of benzene rings is 1. The van der Waals surface area contributed by atoms with Gasteiger partial charge in [0.25, 0.3) is 0 Å². The molecular weight excluding hydrogens is 272 g/mol. The fourth-order valence-electron chi connectivity index (χ4n) is 2.25. The van der Waals surface area contributed by atoms with Gasteiger partial charge in [-0.05, 0) is 13.3 Å². The maximum atomic E-state index is 11.2. The first kappa shape index (κ1) is 12.9. The van der Waals surface area contributed by atoms with Crippen LogP contribution in [0.25, 0.3) is 16.2 Å². The smallest absolute Gasteiger partial charge is 0.347 e. The number of carboxylic acids is 1. The highest BCUT2D eigenvalue weighted by Crippen LogP contribution is 2.28. The lowest BCUT2D eigenvalue weighted by atomic mass is 10.1. The third-order valence-electron chi connectivity index (χ3n) is 3.30. The molecule has 1 N–H and O–H groups in total. The normalized spacial score (nSPS) is 11.1. The molecule has 3 aromatic rings. The van der Waals surface area contributed by atoms with Crippen molar-refractivity contribution in [3.05, 3.63) is 46.6 Å². The molecule has 0 amide bonds. The number of nitrogens with zero attached hydrogens (tertiary/aromatic N) is 2. The van der Waals surface area contributed by atoms with Crippen molar-refractivity contribution in [3.8, 4) is 11.3 Å². The molecule has 0 aliphatic carbocycles. The van der Waals surface area contributed by atoms with Crippen LogP contribution < -0.4 is 0 Å². The minimum atomic E-state index is -0.880. The number of aryl methyl sites for hydroxylation is 2. The van der Waals surface area contributed by atoms with Crippen LogP contribution in [0.1, 0.15) is 27.9 Å². The van der Waals surface area contributed by atoms with Crippen LogP contribution in [-0.4, -0.2) is 20.5 Å². The van der Waals surface area contributed by atoms with Gasteiger partial charge in [-0.15, -0.1) is 0 Å². The number of rotatable bonds is 3. The molecule has 20 heavy (non-hydrogen) atoms. The maximum Gasteiger partial charge on any atom is 0.347 e. The summed E-state index contributed by atoms with van der Waals surface area (Å²) < 4.78 is 1.89. The van der Waals surface area contributed by atoms with E-state index in [0.29, 0.717) is 11.3 Å². The highest BCUT2D eigenvalue weighted by atomic mass is 32.1. The highest BCUT2D eigenvalue weighted by molar-refractivity contribution is 7.19. The van der Waals surface area contributed by atoms with Gasteiger partial charge in [0.1, 0.15) is 4.88 Å². The molecule has 2 heterocycles. The number of aromatic nitrogens is 2. The number of carboxylic acid groups (broad SMARTS) is 1. The van der Waals surface area contributed by atoms with Gasteiger partial charge in [0.2, 0.25) is 0 Å². The zero-order chi connectivity index (χ0) is 14.3. The molecule has 3 rings (SSSR count). The first-order chi connectivity index (χ1) is 9.60. The summed E-state index contributed by atoms with van der Waals surface area (Å²) in [7, 11) is 0. The average molecular weight is 286 g/mol. The predicted molar refractivity (Wildman–Crippen MR) is 79.6 cm³/mol. The molecule has 0 bridgehead atoms. The molecule has 0 spiro atoms. The van der Waals surface area contributed by atoms with Crippen molar-refractivity contribution in [2.45, 2.75) is 20.3 Å². The van der Waals surface area contributed by atoms with Gasteiger partial charge in [-0.2, -0.15) is 0 Å². The van der Waals surface area contributed by atoms with Crippen molar-refractivity contribution >= 4 is 22.3 Å². The minimum Gasteiger partial charge on any atom is -0.477 e. The summed E-state index contributed by atoms with van der Waals surface area (Å²) in [5, 5.41) is 9.20. The van der Waals surface area contributed by atoms with Crippen LogP contribution in [0.3, 0.4) is 0 Å². The number of aromatic carboxylic acids is 1. The maximum absolute atomic E-state index is 11.2. The summed E-state index contributed by atoms with van der Waals surface area (Å²) in [6.45, 7) is 4.00. The molecule has 0 saturated carbocycles. The van der Waals surface area contributed by atoms with Gasteiger partial charge >= 0.3 is 5.97 Å². The van der Waals surface area contributed by atoms with Gasteiger partial charge in [0.05, 0.1) is 5.69 Å². The number of carbonyl (C=O) groups is 1. The van der Waals surface area contributed by atoms with Crippen LogP contribution in [0.15, 0.2) is 30.5 Å². The molecule has 0 fully saturated rings. The zero-order valence-electron chi connectivity index (χ0n) is 11.3. The number of fused-ring (bicyclic) bond motifs is 1. The third-order valence-corrected chi connectivity index (χ3v) is 4.38. The Morgan fingerprint density at radius 3 is 2.65 bits per heavy atom. The summed E-state index contributed by atoms with van der Waals surface area (Å²) in [5.74, 6) is -0.880. The summed E-state index contributed by atoms with van der Waals surface area (Å²) in [4.78, 5) is 16.9. The van der Waals surface area contributed by atoms with Crippen LogP contribution >= 0.6 is 11.3 Å². The average Bonchev–Trinajstić information content (AvgIpc) is 2.96. The van der Waals surface area contributed by atoms with Crippen molar-refractivity contribution in [2.75, 3.05) is 0 Å². The van der Waals surface area contributed by atoms with E-state index in [1.54, 1.807) is 0 Å². The first-order valence-corrected chi connectivity index (χ1v) is 7.23. The molecule has 0 atom stereocenters. The van der Waals surface area contributed by atoms with E-state index in [-0.39, 0.29) is 0 Å². The second-order valence-electron chi connectivity index (χ2n) is 4.68. The Bertz CT molecular complexity index is 784. The van der Waals surface area contributed by atoms with Crippen LogP contribution in [0.2, 0.25) is 0 Å². The van der Waals surface area contributed by atoms with Crippen molar-refractivity contribution in [3.63, 3.8) is 0 Å². The van der Waals surface area contributed by atoms with E-state index in [0.717, 1.165) is 21.9 Å². The lowest BCUT2D eigenvalue weighted by Crippen LogP contribution is -1.99. The predicted octanol–water partition coefficient (Wildman–Crippen LogP) is 3.63. The highest BCUT2D eigenvalue weighted by Gasteiger charge is 2.18. The zero-order valence-corrected chi connectivity index (χ0v) is 12.1. The fraction of sp³-hybridized carbons (Fsp3) is 0.200. The van der Waals surface area contributed by atoms with Crippen LogP contribution in [0.5, 0.6) is 0 Å². The van der Waals surface area contributed by atoms with Crippen molar-refractivity contribution in [1.29, 1.82) is 0 Å². The van der Waals surface area contributed by atoms with Gasteiger partial charge in [-0.3, -0.25) is 4.40 Å². The van der Waals surface area contributed by atoms with E-state index >= 15 is 0 Å². The largest absolute Gasteiger partial charge is 0.477 e. The second kappa shape index (κ2) is 4.76. The summed E-state index contributed by atoms with van der Waals surface area (Å²) in [6.07, 6.45) is 2.59. The molecule has 5 heteroatoms. The summed E-state index contributed by atoms with van der Waals surface area (Å²) >= 11 is 1.23. The lowest BCUT2D eigenvalue weighted by Gasteiger charge is -1.98. The molecule has 1 aromatic carbocycles. The molecule has 0 radical (unpaired) electrons. The number of hydrogen-bond donors (Lipinski definition) is 1. The van der Waals surface area contributed by atoms with Crippen LogP contribution in [0, 0.1) is 6.92 Å². The molecule has 102 valence electrons. The number of thiazole rings is 1. The van der Waals surface area contributed by atoms with E-state index in [4.69, 9.17) is 0 Å². The van der Waals surface area contributed by atoms with Gasteiger partial charge in [-0.25, -0.2) is 9.78 Å². The molecular formula is C15H14N2O2S. The summed E-state index contributed by atoms with van der Waals surface area (Å²) in [6, 6.07) is 8.16. The van der Waals surface area contributed by atoms with Crippen molar-refractivity contribution < 1.29 is 9.90 Å². The lowest BCUT2D eigenvalue weighted by molar-refractivity contribution is 0.0700. The van der Waals surface area contributed by atoms with Gasteiger partial charge < -0.3 is 5.11 Å². The SMILES string of the molecule is CCc1c(C(=O)O)sc2nc(-c3ccc(C)cc3)cn12. The Kier molecular flexibility index (Phi) is 3.06. The second-order valence-corrected chi connectivity index (χ2v) is 5.66. The molecule has 0 aliphatic rings. The Morgan fingerprint density at radius 1 is 1.35 bits per heavy atom. The van der Waals surface area contributed by atoms with E-state index < -0.39 is 5.97 Å². The van der Waals surface area contributed by atoms with E-state index in [2.05, 4.69) is 4.98 Å². The Labute approximate surface area is 120 Å². The molecule has 4 nitrogen and oxygen atoms in total. The number of imidazole rings is 1. The minimum absolute atomic E-state index is 0.380. The summed E-state index contributed by atoms with van der Waals surface area (Å²) in [5.41, 5.74) is 3.94. The standard InChI is InChI=1S/C15H14N2O2S/c1-3-12-13(14(18)19)20-15-16-11(8-17(12)15)10-6-4-9(2)5-7-10/h4-8H,3H2,1-2H3,(H,18,19). The monoisotopic (exact) mass is 286 g/mol. The van der Waals surface area contributed by atoms with Gasteiger partial charge in [-0.1, -0.05) is 48.1 Å². The van der Waals surface area contributed by atoms with Crippen molar-refractivity contribution in [1.82, 2.24) is 9.38 Å². The first-order valence-electron chi connectivity index (χ1n) is 6.41. The Morgan fingerprint density at radius 2 is 2.05 bits per heavy atom. The van der Waals surface area contributed by atoms with Gasteiger partial charge in [0, 0.05) is 17.5 Å². The Hall–Kier alpha value is -2.14. The fourth-order valence-corrected chi connectivity index (χ4v) is 3.29. The topological polar surface area (TPSA) is 54.6 Å².